The second-order valence-corrected chi connectivity index (χ2v) is 4.78. The van der Waals surface area contributed by atoms with E-state index in [1.165, 1.54) is 6.42 Å². The Bertz CT molecular complexity index is 519. The largest absolute Gasteiger partial charge is 0.490 e. The quantitative estimate of drug-likeness (QED) is 0.879. The monoisotopic (exact) mass is 242 g/mol. The van der Waals surface area contributed by atoms with Crippen molar-refractivity contribution in [2.45, 2.75) is 25.4 Å². The molecule has 94 valence electrons. The van der Waals surface area contributed by atoms with Crippen molar-refractivity contribution in [1.29, 1.82) is 0 Å². The number of hydrogen-bond acceptors (Lipinski definition) is 3. The Morgan fingerprint density at radius 2 is 2.17 bits per heavy atom. The normalized spacial score (nSPS) is 20.6. The smallest absolute Gasteiger partial charge is 0.120 e. The topological polar surface area (TPSA) is 34.1 Å². The molecule has 0 bridgehead atoms. The molecule has 18 heavy (non-hydrogen) atoms. The van der Waals surface area contributed by atoms with Gasteiger partial charge < -0.3 is 10.1 Å². The molecule has 1 saturated heterocycles. The second kappa shape index (κ2) is 5.36. The highest BCUT2D eigenvalue weighted by Crippen LogP contribution is 2.22. The minimum Gasteiger partial charge on any atom is -0.490 e. The van der Waals surface area contributed by atoms with E-state index in [9.17, 15) is 0 Å². The average Bonchev–Trinajstić information content (AvgIpc) is 2.67. The Balaban J connectivity index is 1.77. The van der Waals surface area contributed by atoms with Crippen LogP contribution in [0.15, 0.2) is 36.5 Å². The Labute approximate surface area is 107 Å². The van der Waals surface area contributed by atoms with Crippen LogP contribution in [0.25, 0.3) is 10.9 Å². The van der Waals surface area contributed by atoms with E-state index >= 15 is 0 Å². The first-order valence-electron chi connectivity index (χ1n) is 6.64. The molecule has 0 radical (unpaired) electrons. The number of nitrogens with one attached hydrogen (secondary N) is 1. The molecule has 1 N–H and O–H groups in total. The van der Waals surface area contributed by atoms with Gasteiger partial charge in [-0.05, 0) is 56.6 Å². The zero-order chi connectivity index (χ0) is 12.2. The number of aromatic nitrogens is 1. The molecule has 2 aromatic rings. The Morgan fingerprint density at radius 3 is 3.17 bits per heavy atom. The molecular formula is C15H18N2O. The minimum absolute atomic E-state index is 0.342. The number of ether oxygens (including phenoxy) is 1. The summed E-state index contributed by atoms with van der Waals surface area (Å²) in [6.45, 7) is 2.17. The number of pyridine rings is 1. The van der Waals surface area contributed by atoms with E-state index in [0.717, 1.165) is 42.6 Å². The van der Waals surface area contributed by atoms with Crippen molar-refractivity contribution in [3.63, 3.8) is 0 Å². The number of hydrogen-bond donors (Lipinski definition) is 1. The lowest BCUT2D eigenvalue weighted by molar-refractivity contribution is 0.188. The van der Waals surface area contributed by atoms with E-state index in [-0.39, 0.29) is 0 Å². The molecule has 1 unspecified atom stereocenters. The highest BCUT2D eigenvalue weighted by molar-refractivity contribution is 5.79. The third kappa shape index (κ3) is 2.62. The molecule has 3 nitrogen and oxygen atoms in total. The summed E-state index contributed by atoms with van der Waals surface area (Å²) in [4.78, 5) is 4.32. The van der Waals surface area contributed by atoms with E-state index in [0.29, 0.717) is 6.10 Å². The van der Waals surface area contributed by atoms with Crippen LogP contribution < -0.4 is 10.1 Å². The molecule has 1 atom stereocenters. The van der Waals surface area contributed by atoms with Crippen molar-refractivity contribution in [3.05, 3.63) is 36.5 Å². The van der Waals surface area contributed by atoms with Crippen LogP contribution in [0.4, 0.5) is 0 Å². The molecule has 0 saturated carbocycles. The lowest BCUT2D eigenvalue weighted by Gasteiger charge is -2.16. The van der Waals surface area contributed by atoms with Gasteiger partial charge in [0.05, 0.1) is 11.6 Å². The lowest BCUT2D eigenvalue weighted by atomic mass is 10.1. The first kappa shape index (κ1) is 11.5. The van der Waals surface area contributed by atoms with Crippen molar-refractivity contribution < 1.29 is 4.74 Å². The van der Waals surface area contributed by atoms with Crippen molar-refractivity contribution >= 4 is 10.9 Å². The number of benzene rings is 1. The first-order valence-corrected chi connectivity index (χ1v) is 6.64. The van der Waals surface area contributed by atoms with E-state index in [4.69, 9.17) is 4.74 Å². The van der Waals surface area contributed by atoms with Crippen LogP contribution in [0.2, 0.25) is 0 Å². The molecule has 1 fully saturated rings. The fourth-order valence-electron chi connectivity index (χ4n) is 2.42. The molecule has 0 spiro atoms. The molecule has 1 aromatic carbocycles. The summed E-state index contributed by atoms with van der Waals surface area (Å²) < 4.78 is 6.08. The van der Waals surface area contributed by atoms with Crippen LogP contribution >= 0.6 is 0 Å². The number of rotatable bonds is 2. The van der Waals surface area contributed by atoms with Crippen molar-refractivity contribution in [3.8, 4) is 5.75 Å². The van der Waals surface area contributed by atoms with Gasteiger partial charge in [-0.15, -0.1) is 0 Å². The van der Waals surface area contributed by atoms with Gasteiger partial charge in [0.2, 0.25) is 0 Å². The van der Waals surface area contributed by atoms with Gasteiger partial charge in [-0.1, -0.05) is 6.07 Å². The standard InChI is InChI=1S/C15H18N2O/c1-3-12-11-14(5-6-15(12)17-9-1)18-13-4-2-8-16-10-7-13/h1,3,5-6,9,11,13,16H,2,4,7-8,10H2. The summed E-state index contributed by atoms with van der Waals surface area (Å²) in [6.07, 6.45) is 5.58. The molecule has 0 aliphatic carbocycles. The maximum absolute atomic E-state index is 6.08. The van der Waals surface area contributed by atoms with Gasteiger partial charge in [0.1, 0.15) is 5.75 Å². The predicted molar refractivity (Wildman–Crippen MR) is 72.9 cm³/mol. The zero-order valence-electron chi connectivity index (χ0n) is 10.4. The van der Waals surface area contributed by atoms with Gasteiger partial charge >= 0.3 is 0 Å². The summed E-state index contributed by atoms with van der Waals surface area (Å²) in [6, 6.07) is 10.2. The molecule has 2 heterocycles. The molecule has 3 heteroatoms. The maximum atomic E-state index is 6.08. The van der Waals surface area contributed by atoms with Gasteiger partial charge in [-0.2, -0.15) is 0 Å². The summed E-state index contributed by atoms with van der Waals surface area (Å²) in [5.41, 5.74) is 1.02. The van der Waals surface area contributed by atoms with Gasteiger partial charge in [0, 0.05) is 11.6 Å². The van der Waals surface area contributed by atoms with Crippen molar-refractivity contribution in [2.24, 2.45) is 0 Å². The van der Waals surface area contributed by atoms with Gasteiger partial charge in [-0.25, -0.2) is 0 Å². The van der Waals surface area contributed by atoms with Crippen LogP contribution in [-0.2, 0) is 0 Å². The first-order chi connectivity index (χ1) is 8.92. The maximum Gasteiger partial charge on any atom is 0.120 e. The predicted octanol–water partition coefficient (Wildman–Crippen LogP) is 2.76. The fraction of sp³-hybridized carbons (Fsp3) is 0.400. The fourth-order valence-corrected chi connectivity index (χ4v) is 2.42. The van der Waals surface area contributed by atoms with Gasteiger partial charge in [0.25, 0.3) is 0 Å². The Kier molecular flexibility index (Phi) is 3.42. The SMILES string of the molecule is c1cnc2ccc(OC3CCCNCC3)cc2c1. The minimum atomic E-state index is 0.342. The summed E-state index contributed by atoms with van der Waals surface area (Å²) in [5, 5.41) is 4.54. The van der Waals surface area contributed by atoms with Crippen molar-refractivity contribution in [1.82, 2.24) is 10.3 Å². The zero-order valence-corrected chi connectivity index (χ0v) is 10.4. The number of fused-ring (bicyclic) bond motifs is 1. The third-order valence-corrected chi connectivity index (χ3v) is 3.40. The molecule has 0 amide bonds. The molecule has 1 aliphatic heterocycles. The van der Waals surface area contributed by atoms with Crippen molar-refractivity contribution in [2.75, 3.05) is 13.1 Å². The molecule has 1 aromatic heterocycles. The molecule has 1 aliphatic rings. The van der Waals surface area contributed by atoms with Gasteiger partial charge in [-0.3, -0.25) is 4.98 Å². The van der Waals surface area contributed by atoms with Crippen LogP contribution in [0, 0.1) is 0 Å². The van der Waals surface area contributed by atoms with E-state index < -0.39 is 0 Å². The highest BCUT2D eigenvalue weighted by atomic mass is 16.5. The molecular weight excluding hydrogens is 224 g/mol. The van der Waals surface area contributed by atoms with Crippen LogP contribution in [-0.4, -0.2) is 24.2 Å². The summed E-state index contributed by atoms with van der Waals surface area (Å²) in [5.74, 6) is 0.961. The van der Waals surface area contributed by atoms with Crippen LogP contribution in [0.5, 0.6) is 5.75 Å². The van der Waals surface area contributed by atoms with Gasteiger partial charge in [0.15, 0.2) is 0 Å². The van der Waals surface area contributed by atoms with Crippen LogP contribution in [0.3, 0.4) is 0 Å². The second-order valence-electron chi connectivity index (χ2n) is 4.78. The highest BCUT2D eigenvalue weighted by Gasteiger charge is 2.13. The third-order valence-electron chi connectivity index (χ3n) is 3.40. The number of nitrogens with zero attached hydrogens (tertiary/aromatic N) is 1. The lowest BCUT2D eigenvalue weighted by Crippen LogP contribution is -2.19. The Morgan fingerprint density at radius 1 is 1.17 bits per heavy atom. The van der Waals surface area contributed by atoms with E-state index in [1.54, 1.807) is 0 Å². The van der Waals surface area contributed by atoms with E-state index in [2.05, 4.69) is 22.4 Å². The summed E-state index contributed by atoms with van der Waals surface area (Å²) in [7, 11) is 0. The Hall–Kier alpha value is -1.61. The van der Waals surface area contributed by atoms with Crippen LogP contribution in [0.1, 0.15) is 19.3 Å². The molecule has 3 rings (SSSR count). The summed E-state index contributed by atoms with van der Waals surface area (Å²) >= 11 is 0. The van der Waals surface area contributed by atoms with E-state index in [1.807, 2.05) is 24.4 Å². The average molecular weight is 242 g/mol.